The van der Waals surface area contributed by atoms with Gasteiger partial charge in [0, 0.05) is 34.6 Å². The molecular formula is C25H19N3. The fraction of sp³-hybridized carbons (Fsp3) is 0.0800. The van der Waals surface area contributed by atoms with E-state index in [1.165, 1.54) is 43.9 Å². The van der Waals surface area contributed by atoms with Gasteiger partial charge in [-0.15, -0.1) is 0 Å². The van der Waals surface area contributed by atoms with Crippen molar-refractivity contribution in [3.63, 3.8) is 0 Å². The summed E-state index contributed by atoms with van der Waals surface area (Å²) in [5.74, 6) is 0. The van der Waals surface area contributed by atoms with Crippen LogP contribution in [0.15, 0.2) is 85.1 Å². The minimum absolute atomic E-state index is 0.919. The van der Waals surface area contributed by atoms with E-state index in [1.807, 2.05) is 12.3 Å². The average molecular weight is 361 g/mol. The predicted molar refractivity (Wildman–Crippen MR) is 117 cm³/mol. The third-order valence-electron chi connectivity index (χ3n) is 5.76. The number of benzene rings is 3. The lowest BCUT2D eigenvalue weighted by Gasteiger charge is -2.09. The fourth-order valence-electron chi connectivity index (χ4n) is 4.58. The first-order valence-electron chi connectivity index (χ1n) is 9.72. The smallest absolute Gasteiger partial charge is 0.0959 e. The molecule has 0 atom stereocenters. The molecule has 0 aliphatic heterocycles. The number of pyridine rings is 1. The second-order valence-corrected chi connectivity index (χ2v) is 7.19. The molecule has 3 heteroatoms. The molecule has 3 heterocycles. The van der Waals surface area contributed by atoms with Crippen molar-refractivity contribution < 1.29 is 0 Å². The van der Waals surface area contributed by atoms with Gasteiger partial charge in [0.25, 0.3) is 0 Å². The van der Waals surface area contributed by atoms with Crippen LogP contribution in [0.2, 0.25) is 0 Å². The van der Waals surface area contributed by atoms with E-state index in [-0.39, 0.29) is 0 Å². The van der Waals surface area contributed by atoms with Gasteiger partial charge in [-0.1, -0.05) is 36.4 Å². The monoisotopic (exact) mass is 361 g/mol. The van der Waals surface area contributed by atoms with Crippen molar-refractivity contribution in [3.05, 3.63) is 85.1 Å². The van der Waals surface area contributed by atoms with E-state index in [9.17, 15) is 0 Å². The van der Waals surface area contributed by atoms with Crippen LogP contribution in [0.4, 0.5) is 0 Å². The molecule has 6 rings (SSSR count). The molecule has 0 unspecified atom stereocenters. The third-order valence-corrected chi connectivity index (χ3v) is 5.76. The number of hydrogen-bond acceptors (Lipinski definition) is 1. The largest absolute Gasteiger partial charge is 0.339 e. The Morgan fingerprint density at radius 2 is 1.36 bits per heavy atom. The summed E-state index contributed by atoms with van der Waals surface area (Å²) in [6.45, 7) is 3.11. The maximum Gasteiger partial charge on any atom is 0.0959 e. The summed E-state index contributed by atoms with van der Waals surface area (Å²) in [7, 11) is 0. The molecule has 0 fully saturated rings. The topological polar surface area (TPSA) is 22.8 Å². The second-order valence-electron chi connectivity index (χ2n) is 7.19. The van der Waals surface area contributed by atoms with Crippen LogP contribution >= 0.6 is 0 Å². The van der Waals surface area contributed by atoms with Gasteiger partial charge in [-0.05, 0) is 49.4 Å². The number of aryl methyl sites for hydroxylation is 1. The van der Waals surface area contributed by atoms with Gasteiger partial charge in [-0.2, -0.15) is 0 Å². The zero-order chi connectivity index (χ0) is 18.7. The van der Waals surface area contributed by atoms with Crippen LogP contribution in [0, 0.1) is 0 Å². The van der Waals surface area contributed by atoms with E-state index in [4.69, 9.17) is 0 Å². The summed E-state index contributed by atoms with van der Waals surface area (Å²) in [4.78, 5) is 4.64. The average Bonchev–Trinajstić information content (AvgIpc) is 3.26. The van der Waals surface area contributed by atoms with Gasteiger partial charge in [0.2, 0.25) is 0 Å². The van der Waals surface area contributed by atoms with Gasteiger partial charge < -0.3 is 9.13 Å². The summed E-state index contributed by atoms with van der Waals surface area (Å²) in [6.07, 6.45) is 1.88. The first kappa shape index (κ1) is 15.5. The first-order valence-corrected chi connectivity index (χ1v) is 9.72. The Bertz CT molecular complexity index is 1450. The number of fused-ring (bicyclic) bond motifs is 6. The molecule has 134 valence electrons. The van der Waals surface area contributed by atoms with Crippen LogP contribution in [-0.2, 0) is 6.54 Å². The molecular weight excluding hydrogens is 342 g/mol. The maximum absolute atomic E-state index is 4.64. The molecule has 0 bridgehead atoms. The molecule has 28 heavy (non-hydrogen) atoms. The van der Waals surface area contributed by atoms with Crippen molar-refractivity contribution in [2.45, 2.75) is 13.5 Å². The van der Waals surface area contributed by atoms with Crippen LogP contribution in [0.25, 0.3) is 49.4 Å². The van der Waals surface area contributed by atoms with Gasteiger partial charge in [0.15, 0.2) is 0 Å². The Labute approximate surface area is 162 Å². The van der Waals surface area contributed by atoms with E-state index in [1.54, 1.807) is 0 Å². The van der Waals surface area contributed by atoms with Crippen LogP contribution in [0.1, 0.15) is 6.92 Å². The molecule has 3 aromatic carbocycles. The predicted octanol–water partition coefficient (Wildman–Crippen LogP) is 6.31. The SMILES string of the molecule is CCn1c2cc(-n3c4ccccc4c4ccccc43)ccc2c2ncccc21. The lowest BCUT2D eigenvalue weighted by Crippen LogP contribution is -1.96. The zero-order valence-electron chi connectivity index (χ0n) is 15.6. The zero-order valence-corrected chi connectivity index (χ0v) is 15.6. The van der Waals surface area contributed by atoms with Crippen molar-refractivity contribution in [2.24, 2.45) is 0 Å². The minimum atomic E-state index is 0.919. The molecule has 0 radical (unpaired) electrons. The molecule has 0 aliphatic carbocycles. The highest BCUT2D eigenvalue weighted by molar-refractivity contribution is 6.10. The lowest BCUT2D eigenvalue weighted by molar-refractivity contribution is 0.826. The normalized spacial score (nSPS) is 11.9. The Kier molecular flexibility index (Phi) is 3.15. The number of hydrogen-bond donors (Lipinski definition) is 0. The minimum Gasteiger partial charge on any atom is -0.339 e. The Balaban J connectivity index is 1.75. The number of nitrogens with zero attached hydrogens (tertiary/aromatic N) is 3. The van der Waals surface area contributed by atoms with Crippen molar-refractivity contribution in [1.29, 1.82) is 0 Å². The van der Waals surface area contributed by atoms with Gasteiger partial charge >= 0.3 is 0 Å². The van der Waals surface area contributed by atoms with Crippen molar-refractivity contribution in [1.82, 2.24) is 14.1 Å². The van der Waals surface area contributed by atoms with E-state index in [2.05, 4.69) is 93.8 Å². The Morgan fingerprint density at radius 1 is 0.679 bits per heavy atom. The molecule has 3 nitrogen and oxygen atoms in total. The van der Waals surface area contributed by atoms with Crippen LogP contribution < -0.4 is 0 Å². The van der Waals surface area contributed by atoms with E-state index >= 15 is 0 Å². The van der Waals surface area contributed by atoms with Gasteiger partial charge in [0.1, 0.15) is 0 Å². The highest BCUT2D eigenvalue weighted by Gasteiger charge is 2.15. The van der Waals surface area contributed by atoms with E-state index in [0.29, 0.717) is 0 Å². The molecule has 0 aliphatic rings. The number of aromatic nitrogens is 3. The lowest BCUT2D eigenvalue weighted by atomic mass is 10.2. The van der Waals surface area contributed by atoms with Gasteiger partial charge in [-0.25, -0.2) is 0 Å². The van der Waals surface area contributed by atoms with Gasteiger partial charge in [-0.3, -0.25) is 4.98 Å². The van der Waals surface area contributed by atoms with E-state index < -0.39 is 0 Å². The summed E-state index contributed by atoms with van der Waals surface area (Å²) < 4.78 is 4.73. The van der Waals surface area contributed by atoms with Crippen molar-refractivity contribution >= 4 is 43.7 Å². The second kappa shape index (κ2) is 5.70. The number of rotatable bonds is 2. The highest BCUT2D eigenvalue weighted by atomic mass is 15.0. The van der Waals surface area contributed by atoms with Gasteiger partial charge in [0.05, 0.1) is 27.6 Å². The highest BCUT2D eigenvalue weighted by Crippen LogP contribution is 2.34. The van der Waals surface area contributed by atoms with Crippen molar-refractivity contribution in [3.8, 4) is 5.69 Å². The van der Waals surface area contributed by atoms with Crippen LogP contribution in [0.3, 0.4) is 0 Å². The fourth-order valence-corrected chi connectivity index (χ4v) is 4.58. The molecule has 0 N–H and O–H groups in total. The molecule has 0 amide bonds. The first-order chi connectivity index (χ1) is 13.9. The summed E-state index contributed by atoms with van der Waals surface area (Å²) in [5, 5.41) is 3.79. The summed E-state index contributed by atoms with van der Waals surface area (Å²) >= 11 is 0. The molecule has 0 saturated carbocycles. The van der Waals surface area contributed by atoms with Crippen molar-refractivity contribution in [2.75, 3.05) is 0 Å². The third kappa shape index (κ3) is 1.96. The summed E-state index contributed by atoms with van der Waals surface area (Å²) in [5.41, 5.74) is 7.16. The molecule has 3 aromatic heterocycles. The molecule has 0 spiro atoms. The maximum atomic E-state index is 4.64. The molecule has 0 saturated heterocycles. The Morgan fingerprint density at radius 3 is 2.07 bits per heavy atom. The van der Waals surface area contributed by atoms with Crippen LogP contribution in [-0.4, -0.2) is 14.1 Å². The Hall–Kier alpha value is -3.59. The molecule has 6 aromatic rings. The quantitative estimate of drug-likeness (QED) is 0.354. The van der Waals surface area contributed by atoms with Crippen LogP contribution in [0.5, 0.6) is 0 Å². The standard InChI is InChI=1S/C25H19N3/c1-2-27-23-12-7-15-26-25(23)20-14-13-17(16-24(20)27)28-21-10-5-3-8-18(21)19-9-4-6-11-22(19)28/h3-16H,2H2,1H3. The number of para-hydroxylation sites is 2. The summed E-state index contributed by atoms with van der Waals surface area (Å²) in [6, 6.07) is 28.2. The van der Waals surface area contributed by atoms with E-state index in [0.717, 1.165) is 12.1 Å².